The molecule has 0 aliphatic carbocycles. The van der Waals surface area contributed by atoms with Crippen molar-refractivity contribution in [2.45, 2.75) is 6.92 Å². The number of hydrogen-bond donors (Lipinski definition) is 0. The molecule has 0 fully saturated rings. The molecule has 0 radical (unpaired) electrons. The highest BCUT2D eigenvalue weighted by Crippen LogP contribution is 2.29. The highest BCUT2D eigenvalue weighted by atomic mass is 15.0. The molecule has 0 amide bonds. The molecule has 0 N–H and O–H groups in total. The Balaban J connectivity index is 2.02. The van der Waals surface area contributed by atoms with Crippen molar-refractivity contribution in [3.8, 4) is 22.5 Å². The summed E-state index contributed by atoms with van der Waals surface area (Å²) < 4.78 is 2.07. The monoisotopic (exact) mass is 313 g/mol. The molecule has 0 aliphatic heterocycles. The maximum Gasteiger partial charge on any atom is 0.287 e. The van der Waals surface area contributed by atoms with E-state index in [1.807, 2.05) is 25.5 Å². The van der Waals surface area contributed by atoms with Gasteiger partial charge >= 0.3 is 0 Å². The number of aromatic nitrogens is 4. The molecule has 0 saturated heterocycles. The van der Waals surface area contributed by atoms with Crippen molar-refractivity contribution >= 4 is 10.9 Å². The van der Waals surface area contributed by atoms with E-state index < -0.39 is 0 Å². The predicted molar refractivity (Wildman–Crippen MR) is 94.1 cm³/mol. The second kappa shape index (κ2) is 5.81. The van der Waals surface area contributed by atoms with E-state index in [9.17, 15) is 0 Å². The third kappa shape index (κ3) is 2.42. The summed E-state index contributed by atoms with van der Waals surface area (Å²) in [6.45, 7) is 2.13. The molecule has 0 unspecified atom stereocenters. The van der Waals surface area contributed by atoms with Crippen molar-refractivity contribution in [3.63, 3.8) is 0 Å². The van der Waals surface area contributed by atoms with E-state index >= 15 is 0 Å². The van der Waals surface area contributed by atoms with Gasteiger partial charge in [-0.2, -0.15) is 0 Å². The highest BCUT2D eigenvalue weighted by Gasteiger charge is 2.17. The summed E-state index contributed by atoms with van der Waals surface area (Å²) in [6, 6.07) is 14.7. The second-order valence-corrected chi connectivity index (χ2v) is 5.84. The smallest absolute Gasteiger partial charge is 0.261 e. The molecule has 2 heterocycles. The Morgan fingerprint density at radius 3 is 2.62 bits per heavy atom. The lowest BCUT2D eigenvalue weighted by molar-refractivity contribution is -0.662. The summed E-state index contributed by atoms with van der Waals surface area (Å²) in [6.07, 6.45) is 7.05. The SMILES string of the molecule is Cc1ccccc1-c1c2cc(-c3cnccn3)ccc2nc[n+]1C. The van der Waals surface area contributed by atoms with Gasteiger partial charge in [0.25, 0.3) is 6.33 Å². The standard InChI is InChI=1S/C20H17N4/c1-14-5-3-4-6-16(14)20-17-11-15(19-12-21-9-10-22-19)7-8-18(17)23-13-24(20)2/h3-13H,1-2H3/q+1. The normalized spacial score (nSPS) is 10.9. The molecule has 2 aromatic carbocycles. The van der Waals surface area contributed by atoms with Gasteiger partial charge in [0.1, 0.15) is 5.69 Å². The van der Waals surface area contributed by atoms with Crippen LogP contribution in [-0.2, 0) is 7.05 Å². The van der Waals surface area contributed by atoms with Crippen LogP contribution in [0.5, 0.6) is 0 Å². The zero-order valence-electron chi connectivity index (χ0n) is 13.6. The average molecular weight is 313 g/mol. The Kier molecular flexibility index (Phi) is 3.50. The quantitative estimate of drug-likeness (QED) is 0.532. The van der Waals surface area contributed by atoms with Crippen LogP contribution in [0.1, 0.15) is 5.56 Å². The highest BCUT2D eigenvalue weighted by molar-refractivity contribution is 5.93. The number of aryl methyl sites for hydroxylation is 2. The summed E-state index contributed by atoms with van der Waals surface area (Å²) >= 11 is 0. The Labute approximate surface area is 140 Å². The van der Waals surface area contributed by atoms with E-state index in [-0.39, 0.29) is 0 Å². The molecular formula is C20H17N4+. The second-order valence-electron chi connectivity index (χ2n) is 5.84. The Bertz CT molecular complexity index is 1030. The molecular weight excluding hydrogens is 296 g/mol. The first-order valence-electron chi connectivity index (χ1n) is 7.85. The molecule has 0 spiro atoms. The van der Waals surface area contributed by atoms with Crippen molar-refractivity contribution < 1.29 is 4.57 Å². The Morgan fingerprint density at radius 1 is 0.958 bits per heavy atom. The Morgan fingerprint density at radius 2 is 1.83 bits per heavy atom. The summed E-state index contributed by atoms with van der Waals surface area (Å²) in [7, 11) is 2.03. The van der Waals surface area contributed by atoms with Gasteiger partial charge in [-0.25, -0.2) is 4.57 Å². The van der Waals surface area contributed by atoms with Gasteiger partial charge in [-0.05, 0) is 35.7 Å². The van der Waals surface area contributed by atoms with Crippen LogP contribution in [0.2, 0.25) is 0 Å². The Hall–Kier alpha value is -3.14. The van der Waals surface area contributed by atoms with Crippen molar-refractivity contribution in [2.24, 2.45) is 7.05 Å². The van der Waals surface area contributed by atoms with Crippen LogP contribution in [0.25, 0.3) is 33.4 Å². The molecule has 4 nitrogen and oxygen atoms in total. The molecule has 4 aromatic rings. The maximum absolute atomic E-state index is 4.56. The molecule has 24 heavy (non-hydrogen) atoms. The number of hydrogen-bond acceptors (Lipinski definition) is 3. The fourth-order valence-electron chi connectivity index (χ4n) is 3.02. The molecule has 4 heteroatoms. The zero-order valence-corrected chi connectivity index (χ0v) is 13.6. The first-order chi connectivity index (χ1) is 11.7. The molecule has 0 atom stereocenters. The molecule has 2 aromatic heterocycles. The molecule has 0 bridgehead atoms. The third-order valence-electron chi connectivity index (χ3n) is 4.23. The van der Waals surface area contributed by atoms with Crippen molar-refractivity contribution in [1.29, 1.82) is 0 Å². The van der Waals surface area contributed by atoms with Gasteiger partial charge in [0.05, 0.1) is 24.3 Å². The molecule has 0 saturated carbocycles. The summed E-state index contributed by atoms with van der Waals surface area (Å²) in [5, 5.41) is 1.11. The van der Waals surface area contributed by atoms with E-state index in [1.54, 1.807) is 18.6 Å². The van der Waals surface area contributed by atoms with Crippen LogP contribution >= 0.6 is 0 Å². The first-order valence-corrected chi connectivity index (χ1v) is 7.85. The van der Waals surface area contributed by atoms with Gasteiger partial charge in [0.15, 0.2) is 5.52 Å². The minimum absolute atomic E-state index is 0.863. The van der Waals surface area contributed by atoms with Gasteiger partial charge in [0, 0.05) is 23.5 Å². The summed E-state index contributed by atoms with van der Waals surface area (Å²) in [4.78, 5) is 13.1. The van der Waals surface area contributed by atoms with Gasteiger partial charge in [-0.15, -0.1) is 0 Å². The molecule has 0 aliphatic rings. The largest absolute Gasteiger partial charge is 0.287 e. The van der Waals surface area contributed by atoms with Crippen molar-refractivity contribution in [3.05, 3.63) is 72.9 Å². The third-order valence-corrected chi connectivity index (χ3v) is 4.23. The van der Waals surface area contributed by atoms with Crippen LogP contribution in [0, 0.1) is 6.92 Å². The zero-order chi connectivity index (χ0) is 16.5. The molecule has 4 rings (SSSR count). The number of nitrogens with zero attached hydrogens (tertiary/aromatic N) is 4. The lowest BCUT2D eigenvalue weighted by Crippen LogP contribution is -2.31. The van der Waals surface area contributed by atoms with Crippen molar-refractivity contribution in [1.82, 2.24) is 15.0 Å². The average Bonchev–Trinajstić information content (AvgIpc) is 2.63. The van der Waals surface area contributed by atoms with E-state index in [0.717, 1.165) is 27.9 Å². The van der Waals surface area contributed by atoms with Crippen LogP contribution in [0.3, 0.4) is 0 Å². The fraction of sp³-hybridized carbons (Fsp3) is 0.100. The molecule has 116 valence electrons. The van der Waals surface area contributed by atoms with Gasteiger partial charge in [-0.1, -0.05) is 24.3 Å². The van der Waals surface area contributed by atoms with Gasteiger partial charge in [0.2, 0.25) is 0 Å². The minimum Gasteiger partial charge on any atom is -0.261 e. The summed E-state index contributed by atoms with van der Waals surface area (Å²) in [5.74, 6) is 0. The van der Waals surface area contributed by atoms with E-state index in [1.165, 1.54) is 11.1 Å². The lowest BCUT2D eigenvalue weighted by atomic mass is 9.99. The maximum atomic E-state index is 4.56. The van der Waals surface area contributed by atoms with Gasteiger partial charge < -0.3 is 0 Å². The number of fused-ring (bicyclic) bond motifs is 1. The van der Waals surface area contributed by atoms with E-state index in [2.05, 4.69) is 56.8 Å². The van der Waals surface area contributed by atoms with E-state index in [0.29, 0.717) is 0 Å². The fourth-order valence-corrected chi connectivity index (χ4v) is 3.02. The lowest BCUT2D eigenvalue weighted by Gasteiger charge is -2.09. The van der Waals surface area contributed by atoms with Gasteiger partial charge in [-0.3, -0.25) is 9.97 Å². The minimum atomic E-state index is 0.863. The summed E-state index contributed by atoms with van der Waals surface area (Å²) in [5.41, 5.74) is 6.48. The van der Waals surface area contributed by atoms with Crippen molar-refractivity contribution in [2.75, 3.05) is 0 Å². The first kappa shape index (κ1) is 14.5. The predicted octanol–water partition coefficient (Wildman–Crippen LogP) is 3.49. The van der Waals surface area contributed by atoms with Crippen LogP contribution < -0.4 is 4.57 Å². The van der Waals surface area contributed by atoms with Crippen LogP contribution in [0.4, 0.5) is 0 Å². The number of benzene rings is 2. The number of rotatable bonds is 2. The van der Waals surface area contributed by atoms with Crippen LogP contribution in [-0.4, -0.2) is 15.0 Å². The topological polar surface area (TPSA) is 42.6 Å². The van der Waals surface area contributed by atoms with E-state index in [4.69, 9.17) is 0 Å². The van der Waals surface area contributed by atoms with Crippen LogP contribution in [0.15, 0.2) is 67.4 Å².